The lowest BCUT2D eigenvalue weighted by atomic mass is 9.94. The number of aromatic nitrogens is 1. The van der Waals surface area contributed by atoms with Crippen molar-refractivity contribution in [2.75, 3.05) is 11.9 Å². The van der Waals surface area contributed by atoms with E-state index in [0.717, 1.165) is 18.5 Å². The molecule has 0 atom stereocenters. The molecular formula is C18H19N3O4. The van der Waals surface area contributed by atoms with E-state index in [4.69, 9.17) is 10.5 Å². The van der Waals surface area contributed by atoms with Crippen molar-refractivity contribution in [2.24, 2.45) is 5.73 Å². The number of amides is 2. The molecule has 1 heterocycles. The zero-order valence-electron chi connectivity index (χ0n) is 13.8. The highest BCUT2D eigenvalue weighted by molar-refractivity contribution is 6.08. The average Bonchev–Trinajstić information content (AvgIpc) is 2.92. The predicted molar refractivity (Wildman–Crippen MR) is 91.9 cm³/mol. The SMILES string of the molecule is Cc1c(C(=O)Nc2ccc(OCC(N)=O)cc2)[nH]c2c1C(=O)CCC2. The number of rotatable bonds is 5. The quantitative estimate of drug-likeness (QED) is 0.771. The van der Waals surface area contributed by atoms with Crippen LogP contribution in [0.25, 0.3) is 0 Å². The van der Waals surface area contributed by atoms with Crippen LogP contribution in [0.5, 0.6) is 5.75 Å². The third-order valence-electron chi connectivity index (χ3n) is 4.16. The zero-order valence-corrected chi connectivity index (χ0v) is 13.8. The fourth-order valence-corrected chi connectivity index (χ4v) is 2.98. The summed E-state index contributed by atoms with van der Waals surface area (Å²) in [6, 6.07) is 6.60. The van der Waals surface area contributed by atoms with Gasteiger partial charge in [-0.25, -0.2) is 0 Å². The average molecular weight is 341 g/mol. The number of anilines is 1. The monoisotopic (exact) mass is 341 g/mol. The second-order valence-corrected chi connectivity index (χ2v) is 5.99. The number of ketones is 1. The minimum Gasteiger partial charge on any atom is -0.484 e. The fourth-order valence-electron chi connectivity index (χ4n) is 2.98. The van der Waals surface area contributed by atoms with E-state index in [-0.39, 0.29) is 18.3 Å². The Bertz CT molecular complexity index is 837. The summed E-state index contributed by atoms with van der Waals surface area (Å²) in [4.78, 5) is 38.3. The van der Waals surface area contributed by atoms with Crippen LogP contribution in [0.1, 0.15) is 44.9 Å². The van der Waals surface area contributed by atoms with Crippen LogP contribution in [0.3, 0.4) is 0 Å². The summed E-state index contributed by atoms with van der Waals surface area (Å²) >= 11 is 0. The number of nitrogens with two attached hydrogens (primary N) is 1. The Morgan fingerprint density at radius 2 is 1.96 bits per heavy atom. The van der Waals surface area contributed by atoms with Gasteiger partial charge in [-0.1, -0.05) is 0 Å². The highest BCUT2D eigenvalue weighted by Gasteiger charge is 2.26. The van der Waals surface area contributed by atoms with Crippen molar-refractivity contribution in [3.05, 3.63) is 46.8 Å². The standard InChI is InChI=1S/C18H19N3O4/c1-10-16-13(3-2-4-14(16)22)21-17(10)18(24)20-11-5-7-12(8-6-11)25-9-15(19)23/h5-8,21H,2-4,9H2,1H3,(H2,19,23)(H,20,24). The highest BCUT2D eigenvalue weighted by atomic mass is 16.5. The van der Waals surface area contributed by atoms with Crippen LogP contribution >= 0.6 is 0 Å². The van der Waals surface area contributed by atoms with Gasteiger partial charge in [0.1, 0.15) is 11.4 Å². The molecule has 0 spiro atoms. The smallest absolute Gasteiger partial charge is 0.272 e. The number of aryl methyl sites for hydroxylation is 1. The van der Waals surface area contributed by atoms with Crippen LogP contribution in [0.15, 0.2) is 24.3 Å². The minimum atomic E-state index is -0.557. The molecule has 1 aromatic heterocycles. The molecular weight excluding hydrogens is 322 g/mol. The van der Waals surface area contributed by atoms with E-state index >= 15 is 0 Å². The Balaban J connectivity index is 1.72. The van der Waals surface area contributed by atoms with E-state index in [1.54, 1.807) is 31.2 Å². The molecule has 0 saturated heterocycles. The minimum absolute atomic E-state index is 0.0880. The number of hydrogen-bond donors (Lipinski definition) is 3. The van der Waals surface area contributed by atoms with Gasteiger partial charge in [-0.2, -0.15) is 0 Å². The molecule has 25 heavy (non-hydrogen) atoms. The van der Waals surface area contributed by atoms with Crippen LogP contribution < -0.4 is 15.8 Å². The number of nitrogens with one attached hydrogen (secondary N) is 2. The normalized spacial score (nSPS) is 13.2. The summed E-state index contributed by atoms with van der Waals surface area (Å²) in [6.45, 7) is 1.58. The number of ether oxygens (including phenoxy) is 1. The van der Waals surface area contributed by atoms with Gasteiger partial charge >= 0.3 is 0 Å². The highest BCUT2D eigenvalue weighted by Crippen LogP contribution is 2.27. The molecule has 3 rings (SSSR count). The molecule has 7 heteroatoms. The Kier molecular flexibility index (Phi) is 4.56. The molecule has 0 radical (unpaired) electrons. The topological polar surface area (TPSA) is 114 Å². The number of H-pyrrole nitrogens is 1. The van der Waals surface area contributed by atoms with Gasteiger partial charge in [-0.3, -0.25) is 14.4 Å². The van der Waals surface area contributed by atoms with E-state index in [1.807, 2.05) is 0 Å². The number of aromatic amines is 1. The third kappa shape index (κ3) is 3.55. The van der Waals surface area contributed by atoms with Crippen molar-refractivity contribution in [3.8, 4) is 5.75 Å². The van der Waals surface area contributed by atoms with Gasteiger partial charge in [-0.15, -0.1) is 0 Å². The lowest BCUT2D eigenvalue weighted by Crippen LogP contribution is -2.20. The maximum absolute atomic E-state index is 12.5. The van der Waals surface area contributed by atoms with Crippen LogP contribution in [0, 0.1) is 6.92 Å². The van der Waals surface area contributed by atoms with Crippen molar-refractivity contribution in [1.82, 2.24) is 4.98 Å². The molecule has 2 amide bonds. The molecule has 0 aliphatic heterocycles. The molecule has 0 bridgehead atoms. The summed E-state index contributed by atoms with van der Waals surface area (Å²) in [6.07, 6.45) is 2.11. The first-order valence-corrected chi connectivity index (χ1v) is 8.03. The van der Waals surface area contributed by atoms with Crippen molar-refractivity contribution in [1.29, 1.82) is 0 Å². The molecule has 1 aliphatic rings. The molecule has 130 valence electrons. The second kappa shape index (κ2) is 6.80. The van der Waals surface area contributed by atoms with E-state index in [9.17, 15) is 14.4 Å². The summed E-state index contributed by atoms with van der Waals surface area (Å²) < 4.78 is 5.17. The number of Topliss-reactive ketones (excluding diaryl/α,β-unsaturated/α-hetero) is 1. The Morgan fingerprint density at radius 1 is 1.24 bits per heavy atom. The first-order valence-electron chi connectivity index (χ1n) is 8.03. The number of benzene rings is 1. The summed E-state index contributed by atoms with van der Waals surface area (Å²) in [5.41, 5.74) is 8.20. The Hall–Kier alpha value is -3.09. The van der Waals surface area contributed by atoms with Gasteiger partial charge in [-0.05, 0) is 49.6 Å². The second-order valence-electron chi connectivity index (χ2n) is 5.99. The van der Waals surface area contributed by atoms with Crippen LogP contribution in [-0.2, 0) is 11.2 Å². The molecule has 1 aliphatic carbocycles. The van der Waals surface area contributed by atoms with Crippen molar-refractivity contribution < 1.29 is 19.1 Å². The van der Waals surface area contributed by atoms with Crippen molar-refractivity contribution in [3.63, 3.8) is 0 Å². The van der Waals surface area contributed by atoms with Gasteiger partial charge in [0.15, 0.2) is 12.4 Å². The van der Waals surface area contributed by atoms with Gasteiger partial charge in [0.05, 0.1) is 0 Å². The van der Waals surface area contributed by atoms with E-state index in [1.165, 1.54) is 0 Å². The van der Waals surface area contributed by atoms with Gasteiger partial charge < -0.3 is 20.8 Å². The molecule has 1 aromatic carbocycles. The van der Waals surface area contributed by atoms with Crippen LogP contribution in [0.2, 0.25) is 0 Å². The number of carbonyl (C=O) groups is 3. The van der Waals surface area contributed by atoms with E-state index in [2.05, 4.69) is 10.3 Å². The lowest BCUT2D eigenvalue weighted by Gasteiger charge is -2.09. The maximum Gasteiger partial charge on any atom is 0.272 e. The Morgan fingerprint density at radius 3 is 2.60 bits per heavy atom. The zero-order chi connectivity index (χ0) is 18.0. The maximum atomic E-state index is 12.5. The first kappa shape index (κ1) is 16.8. The molecule has 2 aromatic rings. The molecule has 4 N–H and O–H groups in total. The van der Waals surface area contributed by atoms with Crippen molar-refractivity contribution >= 4 is 23.3 Å². The third-order valence-corrected chi connectivity index (χ3v) is 4.16. The molecule has 7 nitrogen and oxygen atoms in total. The van der Waals surface area contributed by atoms with E-state index < -0.39 is 5.91 Å². The van der Waals surface area contributed by atoms with E-state index in [0.29, 0.717) is 34.7 Å². The Labute approximate surface area is 144 Å². The van der Waals surface area contributed by atoms with Crippen LogP contribution in [0.4, 0.5) is 5.69 Å². The molecule has 0 saturated carbocycles. The molecule has 0 fully saturated rings. The lowest BCUT2D eigenvalue weighted by molar-refractivity contribution is -0.119. The molecule has 0 unspecified atom stereocenters. The van der Waals surface area contributed by atoms with Gasteiger partial charge in [0, 0.05) is 23.4 Å². The van der Waals surface area contributed by atoms with Gasteiger partial charge in [0.2, 0.25) is 0 Å². The summed E-state index contributed by atoms with van der Waals surface area (Å²) in [5.74, 6) is -0.289. The summed E-state index contributed by atoms with van der Waals surface area (Å²) in [7, 11) is 0. The number of carbonyl (C=O) groups excluding carboxylic acids is 3. The van der Waals surface area contributed by atoms with Gasteiger partial charge in [0.25, 0.3) is 11.8 Å². The van der Waals surface area contributed by atoms with Crippen molar-refractivity contribution in [2.45, 2.75) is 26.2 Å². The largest absolute Gasteiger partial charge is 0.484 e. The fraction of sp³-hybridized carbons (Fsp3) is 0.278. The number of hydrogen-bond acceptors (Lipinski definition) is 4. The number of fused-ring (bicyclic) bond motifs is 1. The predicted octanol–water partition coefficient (Wildman–Crippen LogP) is 1.96. The summed E-state index contributed by atoms with van der Waals surface area (Å²) in [5, 5.41) is 2.79. The number of primary amides is 1. The first-order chi connectivity index (χ1) is 12.0. The van der Waals surface area contributed by atoms with Crippen LogP contribution in [-0.4, -0.2) is 29.2 Å².